The lowest BCUT2D eigenvalue weighted by atomic mass is 10.0. The lowest BCUT2D eigenvalue weighted by Gasteiger charge is -2.36. The van der Waals surface area contributed by atoms with E-state index < -0.39 is 6.17 Å². The van der Waals surface area contributed by atoms with Gasteiger partial charge in [0.2, 0.25) is 5.58 Å². The third-order valence-corrected chi connectivity index (χ3v) is 4.97. The van der Waals surface area contributed by atoms with E-state index in [9.17, 15) is 9.18 Å². The highest BCUT2D eigenvalue weighted by Crippen LogP contribution is 2.38. The summed E-state index contributed by atoms with van der Waals surface area (Å²) in [6.07, 6.45) is -0.636. The summed E-state index contributed by atoms with van der Waals surface area (Å²) in [7, 11) is 0. The van der Waals surface area contributed by atoms with Crippen LogP contribution in [-0.2, 0) is 0 Å². The van der Waals surface area contributed by atoms with Crippen LogP contribution in [0.1, 0.15) is 39.1 Å². The third-order valence-electron chi connectivity index (χ3n) is 4.73. The lowest BCUT2D eigenvalue weighted by molar-refractivity contribution is 0.112. The number of halogens is 2. The highest BCUT2D eigenvalue weighted by molar-refractivity contribution is 6.31. The molecule has 5 nitrogen and oxygen atoms in total. The van der Waals surface area contributed by atoms with Crippen LogP contribution in [0.3, 0.4) is 0 Å². The van der Waals surface area contributed by atoms with Gasteiger partial charge in [0.25, 0.3) is 5.56 Å². The molecule has 7 heteroatoms. The van der Waals surface area contributed by atoms with Gasteiger partial charge in [-0.25, -0.2) is 9.37 Å². The minimum atomic E-state index is -0.944. The summed E-state index contributed by atoms with van der Waals surface area (Å²) in [5.41, 5.74) is 0.590. The summed E-state index contributed by atoms with van der Waals surface area (Å²) < 4.78 is 19.7. The van der Waals surface area contributed by atoms with Crippen molar-refractivity contribution < 1.29 is 8.81 Å². The van der Waals surface area contributed by atoms with Gasteiger partial charge >= 0.3 is 0 Å². The Balaban J connectivity index is 1.92. The second-order valence-electron chi connectivity index (χ2n) is 7.54. The van der Waals surface area contributed by atoms with Crippen LogP contribution < -0.4 is 5.56 Å². The van der Waals surface area contributed by atoms with Crippen molar-refractivity contribution in [2.75, 3.05) is 6.54 Å². The minimum absolute atomic E-state index is 0.165. The predicted octanol–water partition coefficient (Wildman–Crippen LogP) is 4.21. The summed E-state index contributed by atoms with van der Waals surface area (Å²) in [6, 6.07) is 4.87. The van der Waals surface area contributed by atoms with Crippen LogP contribution in [0.25, 0.3) is 22.1 Å². The fraction of sp³-hybridized carbons (Fsp3) is 0.444. The number of aromatic nitrogens is 2. The van der Waals surface area contributed by atoms with E-state index in [1.54, 1.807) is 18.2 Å². The number of likely N-dealkylation sites (tertiary alicyclic amines) is 1. The Bertz CT molecular complexity index is 1020. The van der Waals surface area contributed by atoms with Crippen molar-refractivity contribution in [3.8, 4) is 0 Å². The van der Waals surface area contributed by atoms with Crippen molar-refractivity contribution in [2.45, 2.75) is 44.9 Å². The molecule has 1 N–H and O–H groups in total. The van der Waals surface area contributed by atoms with Gasteiger partial charge in [-0.1, -0.05) is 11.6 Å². The molecule has 1 aliphatic heterocycles. The van der Waals surface area contributed by atoms with Crippen molar-refractivity contribution in [3.05, 3.63) is 39.4 Å². The molecule has 3 aromatic rings. The number of alkyl halides is 1. The maximum absolute atomic E-state index is 14.1. The maximum Gasteiger partial charge on any atom is 0.294 e. The number of benzene rings is 1. The van der Waals surface area contributed by atoms with Crippen molar-refractivity contribution in [2.24, 2.45) is 0 Å². The fourth-order valence-electron chi connectivity index (χ4n) is 3.59. The highest BCUT2D eigenvalue weighted by atomic mass is 35.5. The summed E-state index contributed by atoms with van der Waals surface area (Å²) in [5, 5.41) is 1.23. The molecule has 0 spiro atoms. The number of hydrogen-bond donors (Lipinski definition) is 1. The van der Waals surface area contributed by atoms with Gasteiger partial charge in [0, 0.05) is 28.9 Å². The molecule has 0 bridgehead atoms. The first-order valence-corrected chi connectivity index (χ1v) is 8.64. The van der Waals surface area contributed by atoms with E-state index in [1.807, 2.05) is 25.7 Å². The first-order valence-electron chi connectivity index (χ1n) is 8.27. The van der Waals surface area contributed by atoms with Gasteiger partial charge in [0.1, 0.15) is 23.1 Å². The molecule has 0 amide bonds. The fourth-order valence-corrected chi connectivity index (χ4v) is 3.76. The molecule has 3 heterocycles. The van der Waals surface area contributed by atoms with E-state index >= 15 is 0 Å². The molecule has 1 aromatic carbocycles. The Morgan fingerprint density at radius 2 is 2.16 bits per heavy atom. The van der Waals surface area contributed by atoms with Crippen molar-refractivity contribution >= 4 is 33.7 Å². The third kappa shape index (κ3) is 2.73. The second-order valence-corrected chi connectivity index (χ2v) is 7.98. The van der Waals surface area contributed by atoms with Crippen molar-refractivity contribution in [1.29, 1.82) is 0 Å². The van der Waals surface area contributed by atoms with Gasteiger partial charge in [-0.2, -0.15) is 0 Å². The molecule has 2 aromatic heterocycles. The van der Waals surface area contributed by atoms with Gasteiger partial charge in [-0.15, -0.1) is 0 Å². The van der Waals surface area contributed by atoms with E-state index in [-0.39, 0.29) is 22.7 Å². The lowest BCUT2D eigenvalue weighted by Crippen LogP contribution is -2.42. The van der Waals surface area contributed by atoms with Crippen molar-refractivity contribution in [3.63, 3.8) is 0 Å². The molecule has 0 aliphatic carbocycles. The Kier molecular flexibility index (Phi) is 3.67. The Labute approximate surface area is 148 Å². The Morgan fingerprint density at radius 1 is 1.40 bits per heavy atom. The summed E-state index contributed by atoms with van der Waals surface area (Å²) in [6.45, 7) is 6.42. The number of rotatable bonds is 1. The number of hydrogen-bond acceptors (Lipinski definition) is 4. The van der Waals surface area contributed by atoms with Crippen molar-refractivity contribution in [1.82, 2.24) is 14.9 Å². The molecule has 1 saturated heterocycles. The zero-order valence-electron chi connectivity index (χ0n) is 14.3. The summed E-state index contributed by atoms with van der Waals surface area (Å²) >= 11 is 6.07. The first kappa shape index (κ1) is 16.5. The first-order chi connectivity index (χ1) is 11.7. The van der Waals surface area contributed by atoms with Crippen LogP contribution >= 0.6 is 11.6 Å². The summed E-state index contributed by atoms with van der Waals surface area (Å²) in [4.78, 5) is 22.0. The van der Waals surface area contributed by atoms with E-state index in [0.717, 1.165) is 0 Å². The van der Waals surface area contributed by atoms with E-state index in [0.29, 0.717) is 40.3 Å². The number of H-pyrrole nitrogens is 1. The van der Waals surface area contributed by atoms with Crippen LogP contribution in [0, 0.1) is 0 Å². The zero-order valence-corrected chi connectivity index (χ0v) is 15.0. The van der Waals surface area contributed by atoms with E-state index in [4.69, 9.17) is 16.0 Å². The van der Waals surface area contributed by atoms with Crippen LogP contribution in [-0.4, -0.2) is 33.1 Å². The van der Waals surface area contributed by atoms with Gasteiger partial charge in [-0.3, -0.25) is 9.69 Å². The molecule has 0 saturated carbocycles. The number of nitrogens with one attached hydrogen (secondary N) is 1. The second kappa shape index (κ2) is 5.54. The largest absolute Gasteiger partial charge is 0.449 e. The topological polar surface area (TPSA) is 62.1 Å². The normalized spacial score (nSPS) is 22.3. The van der Waals surface area contributed by atoms with E-state index in [1.165, 1.54) is 0 Å². The summed E-state index contributed by atoms with van der Waals surface area (Å²) in [5.74, 6) is 0.468. The predicted molar refractivity (Wildman–Crippen MR) is 95.9 cm³/mol. The average molecular weight is 364 g/mol. The molecular formula is C18H19ClFN3O2. The Hall–Kier alpha value is -1.92. The smallest absolute Gasteiger partial charge is 0.294 e. The molecule has 4 rings (SSSR count). The Morgan fingerprint density at radius 3 is 2.88 bits per heavy atom. The molecule has 2 atom stereocenters. The quantitative estimate of drug-likeness (QED) is 0.703. The van der Waals surface area contributed by atoms with Gasteiger partial charge in [0.15, 0.2) is 0 Å². The van der Waals surface area contributed by atoms with Gasteiger partial charge in [-0.05, 0) is 39.0 Å². The molecule has 0 radical (unpaired) electrons. The molecule has 0 unspecified atom stereocenters. The van der Waals surface area contributed by atoms with Crippen LogP contribution in [0.5, 0.6) is 0 Å². The van der Waals surface area contributed by atoms with Gasteiger partial charge < -0.3 is 9.40 Å². The number of aromatic amines is 1. The zero-order chi connectivity index (χ0) is 17.9. The van der Waals surface area contributed by atoms with E-state index in [2.05, 4.69) is 9.97 Å². The number of furan rings is 1. The SMILES string of the molecule is CC(C)(C)N1C[C@H](F)C[C@H]1c1nc2c(oc3ccc(Cl)cc32)c(=O)[nH]1. The van der Waals surface area contributed by atoms with Crippen LogP contribution in [0.4, 0.5) is 4.39 Å². The minimum Gasteiger partial charge on any atom is -0.449 e. The van der Waals surface area contributed by atoms with Crippen LogP contribution in [0.15, 0.2) is 27.4 Å². The van der Waals surface area contributed by atoms with Gasteiger partial charge in [0.05, 0.1) is 6.04 Å². The number of fused-ring (bicyclic) bond motifs is 3. The molecule has 1 aliphatic rings. The maximum atomic E-state index is 14.1. The molecule has 1 fully saturated rings. The molecular weight excluding hydrogens is 345 g/mol. The highest BCUT2D eigenvalue weighted by Gasteiger charge is 2.40. The molecule has 25 heavy (non-hydrogen) atoms. The molecule has 132 valence electrons. The number of nitrogens with zero attached hydrogens (tertiary/aromatic N) is 2. The van der Waals surface area contributed by atoms with Crippen LogP contribution in [0.2, 0.25) is 5.02 Å². The standard InChI is InChI=1S/C18H19ClFN3O2/c1-18(2,3)23-8-10(20)7-12(23)16-21-14-11-6-9(19)4-5-13(11)25-15(14)17(24)22-16/h4-6,10,12H,7-8H2,1-3H3,(H,21,22,24)/t10-,12+/m1/s1. The average Bonchev–Trinajstić information content (AvgIpc) is 3.08. The monoisotopic (exact) mass is 363 g/mol.